The van der Waals surface area contributed by atoms with E-state index in [2.05, 4.69) is 15.3 Å². The number of hydrogen-bond acceptors (Lipinski definition) is 4. The van der Waals surface area contributed by atoms with Gasteiger partial charge in [-0.3, -0.25) is 14.9 Å². The standard InChI is InChI=1S/C10H14N4O2/c1-3-4-8(15)14-10-12-6(2)5-7(13-10)9(11)16/h5H,3-4H2,1-2H3,(H2,11,16)(H,12,13,14,15). The van der Waals surface area contributed by atoms with E-state index in [1.807, 2.05) is 6.92 Å². The Morgan fingerprint density at radius 3 is 2.69 bits per heavy atom. The van der Waals surface area contributed by atoms with Crippen LogP contribution < -0.4 is 11.1 Å². The van der Waals surface area contributed by atoms with E-state index in [0.717, 1.165) is 6.42 Å². The van der Waals surface area contributed by atoms with Crippen molar-refractivity contribution < 1.29 is 9.59 Å². The number of aryl methyl sites for hydroxylation is 1. The maximum atomic E-state index is 11.3. The third-order valence-corrected chi connectivity index (χ3v) is 1.83. The number of nitrogens with one attached hydrogen (secondary N) is 1. The molecular weight excluding hydrogens is 208 g/mol. The third kappa shape index (κ3) is 3.30. The van der Waals surface area contributed by atoms with Gasteiger partial charge >= 0.3 is 0 Å². The van der Waals surface area contributed by atoms with E-state index < -0.39 is 5.91 Å². The zero-order valence-electron chi connectivity index (χ0n) is 9.28. The van der Waals surface area contributed by atoms with Crippen molar-refractivity contribution in [2.24, 2.45) is 5.73 Å². The van der Waals surface area contributed by atoms with Gasteiger partial charge in [0.15, 0.2) is 0 Å². The largest absolute Gasteiger partial charge is 0.364 e. The summed E-state index contributed by atoms with van der Waals surface area (Å²) in [5, 5.41) is 2.51. The number of aromatic nitrogens is 2. The van der Waals surface area contributed by atoms with Gasteiger partial charge in [0, 0.05) is 12.1 Å². The second-order valence-corrected chi connectivity index (χ2v) is 3.38. The number of nitrogens with zero attached hydrogens (tertiary/aromatic N) is 2. The van der Waals surface area contributed by atoms with E-state index in [9.17, 15) is 9.59 Å². The first-order valence-electron chi connectivity index (χ1n) is 4.98. The van der Waals surface area contributed by atoms with Gasteiger partial charge in [0.05, 0.1) is 0 Å². The molecule has 0 radical (unpaired) electrons. The number of nitrogens with two attached hydrogens (primary N) is 1. The first kappa shape index (κ1) is 12.1. The highest BCUT2D eigenvalue weighted by Crippen LogP contribution is 2.05. The Bertz CT molecular complexity index is 417. The number of carbonyl (C=O) groups is 2. The number of hydrogen-bond donors (Lipinski definition) is 2. The Morgan fingerprint density at radius 2 is 2.12 bits per heavy atom. The number of carbonyl (C=O) groups excluding carboxylic acids is 2. The fourth-order valence-electron chi connectivity index (χ4n) is 1.16. The van der Waals surface area contributed by atoms with Crippen molar-refractivity contribution in [3.63, 3.8) is 0 Å². The lowest BCUT2D eigenvalue weighted by atomic mass is 10.3. The summed E-state index contributed by atoms with van der Waals surface area (Å²) in [7, 11) is 0. The molecule has 0 aliphatic rings. The van der Waals surface area contributed by atoms with Crippen LogP contribution in [0.25, 0.3) is 0 Å². The zero-order valence-corrected chi connectivity index (χ0v) is 9.28. The fraction of sp³-hybridized carbons (Fsp3) is 0.400. The lowest BCUT2D eigenvalue weighted by Gasteiger charge is -2.04. The molecule has 0 fully saturated rings. The van der Waals surface area contributed by atoms with Crippen molar-refractivity contribution in [2.75, 3.05) is 5.32 Å². The van der Waals surface area contributed by atoms with Crippen molar-refractivity contribution in [1.29, 1.82) is 0 Å². The van der Waals surface area contributed by atoms with Gasteiger partial charge < -0.3 is 5.73 Å². The Kier molecular flexibility index (Phi) is 3.93. The molecule has 0 spiro atoms. The Morgan fingerprint density at radius 1 is 1.44 bits per heavy atom. The molecule has 3 N–H and O–H groups in total. The van der Waals surface area contributed by atoms with Gasteiger partial charge in [0.1, 0.15) is 5.69 Å². The molecule has 0 saturated carbocycles. The summed E-state index contributed by atoms with van der Waals surface area (Å²) in [6.45, 7) is 3.59. The van der Waals surface area contributed by atoms with Crippen LogP contribution in [0, 0.1) is 6.92 Å². The fourth-order valence-corrected chi connectivity index (χ4v) is 1.16. The van der Waals surface area contributed by atoms with Crippen molar-refractivity contribution in [3.8, 4) is 0 Å². The molecule has 1 rings (SSSR count). The van der Waals surface area contributed by atoms with Crippen LogP contribution in [0.1, 0.15) is 35.9 Å². The third-order valence-electron chi connectivity index (χ3n) is 1.83. The minimum Gasteiger partial charge on any atom is -0.364 e. The summed E-state index contributed by atoms with van der Waals surface area (Å²) in [6, 6.07) is 1.47. The molecule has 0 bridgehead atoms. The van der Waals surface area contributed by atoms with E-state index in [1.165, 1.54) is 6.07 Å². The van der Waals surface area contributed by atoms with Crippen LogP contribution in [0.2, 0.25) is 0 Å². The van der Waals surface area contributed by atoms with Crippen molar-refractivity contribution >= 4 is 17.8 Å². The summed E-state index contributed by atoms with van der Waals surface area (Å²) in [5.74, 6) is -0.702. The van der Waals surface area contributed by atoms with Gasteiger partial charge in [-0.05, 0) is 19.4 Å². The lowest BCUT2D eigenvalue weighted by Crippen LogP contribution is -2.18. The Balaban J connectivity index is 2.88. The van der Waals surface area contributed by atoms with E-state index in [-0.39, 0.29) is 17.5 Å². The van der Waals surface area contributed by atoms with Gasteiger partial charge in [0.25, 0.3) is 5.91 Å². The molecule has 0 saturated heterocycles. The first-order chi connectivity index (χ1) is 7.52. The van der Waals surface area contributed by atoms with Crippen LogP contribution in [0.15, 0.2) is 6.07 Å². The number of rotatable bonds is 4. The summed E-state index contributed by atoms with van der Waals surface area (Å²) in [5.41, 5.74) is 5.77. The van der Waals surface area contributed by atoms with Gasteiger partial charge in [-0.15, -0.1) is 0 Å². The van der Waals surface area contributed by atoms with Crippen molar-refractivity contribution in [1.82, 2.24) is 9.97 Å². The molecule has 1 aromatic rings. The second kappa shape index (κ2) is 5.20. The minimum absolute atomic E-state index is 0.0966. The summed E-state index contributed by atoms with van der Waals surface area (Å²) in [6.07, 6.45) is 1.13. The number of primary amides is 1. The van der Waals surface area contributed by atoms with E-state index in [1.54, 1.807) is 6.92 Å². The first-order valence-corrected chi connectivity index (χ1v) is 4.98. The maximum absolute atomic E-state index is 11.3. The zero-order chi connectivity index (χ0) is 12.1. The molecule has 6 nitrogen and oxygen atoms in total. The van der Waals surface area contributed by atoms with Gasteiger partial charge in [0.2, 0.25) is 11.9 Å². The van der Waals surface area contributed by atoms with E-state index in [0.29, 0.717) is 12.1 Å². The predicted molar refractivity (Wildman–Crippen MR) is 58.8 cm³/mol. The predicted octanol–water partition coefficient (Wildman–Crippen LogP) is 0.623. The summed E-state index contributed by atoms with van der Waals surface area (Å²) in [4.78, 5) is 30.1. The Hall–Kier alpha value is -1.98. The molecule has 0 aliphatic carbocycles. The molecule has 0 aromatic carbocycles. The van der Waals surface area contributed by atoms with Crippen molar-refractivity contribution in [3.05, 3.63) is 17.5 Å². The lowest BCUT2D eigenvalue weighted by molar-refractivity contribution is -0.116. The smallest absolute Gasteiger partial charge is 0.267 e. The van der Waals surface area contributed by atoms with Crippen LogP contribution >= 0.6 is 0 Å². The quantitative estimate of drug-likeness (QED) is 0.780. The maximum Gasteiger partial charge on any atom is 0.267 e. The normalized spacial score (nSPS) is 9.88. The van der Waals surface area contributed by atoms with E-state index in [4.69, 9.17) is 5.73 Å². The van der Waals surface area contributed by atoms with Crippen LogP contribution in [0.4, 0.5) is 5.95 Å². The average Bonchev–Trinajstić information content (AvgIpc) is 2.16. The summed E-state index contributed by atoms with van der Waals surface area (Å²) < 4.78 is 0. The topological polar surface area (TPSA) is 98.0 Å². The average molecular weight is 222 g/mol. The van der Waals surface area contributed by atoms with Crippen LogP contribution in [-0.4, -0.2) is 21.8 Å². The molecule has 0 aliphatic heterocycles. The SMILES string of the molecule is CCCC(=O)Nc1nc(C)cc(C(N)=O)n1. The van der Waals surface area contributed by atoms with Crippen LogP contribution in [0.3, 0.4) is 0 Å². The highest BCUT2D eigenvalue weighted by Gasteiger charge is 2.08. The molecule has 6 heteroatoms. The van der Waals surface area contributed by atoms with Crippen LogP contribution in [0.5, 0.6) is 0 Å². The van der Waals surface area contributed by atoms with Crippen LogP contribution in [-0.2, 0) is 4.79 Å². The minimum atomic E-state index is -0.642. The molecule has 1 heterocycles. The highest BCUT2D eigenvalue weighted by atomic mass is 16.2. The molecule has 86 valence electrons. The monoisotopic (exact) mass is 222 g/mol. The highest BCUT2D eigenvalue weighted by molar-refractivity contribution is 5.92. The number of amides is 2. The summed E-state index contributed by atoms with van der Waals surface area (Å²) >= 11 is 0. The molecule has 1 aromatic heterocycles. The molecule has 0 atom stereocenters. The number of anilines is 1. The molecule has 16 heavy (non-hydrogen) atoms. The molecule has 0 unspecified atom stereocenters. The Labute approximate surface area is 93.3 Å². The van der Waals surface area contributed by atoms with Gasteiger partial charge in [-0.2, -0.15) is 0 Å². The van der Waals surface area contributed by atoms with Gasteiger partial charge in [-0.25, -0.2) is 9.97 Å². The molecular formula is C10H14N4O2. The van der Waals surface area contributed by atoms with E-state index >= 15 is 0 Å². The second-order valence-electron chi connectivity index (χ2n) is 3.38. The van der Waals surface area contributed by atoms with Gasteiger partial charge in [-0.1, -0.05) is 6.92 Å². The molecule has 2 amide bonds. The van der Waals surface area contributed by atoms with Crippen molar-refractivity contribution in [2.45, 2.75) is 26.7 Å².